The van der Waals surface area contributed by atoms with Gasteiger partial charge < -0.3 is 49.8 Å². The van der Waals surface area contributed by atoms with Crippen LogP contribution in [0.4, 0.5) is 11.8 Å². The summed E-state index contributed by atoms with van der Waals surface area (Å²) in [5.74, 6) is -0.473. The Morgan fingerprint density at radius 3 is 2.55 bits per heavy atom. The molecule has 5 rings (SSSR count). The second-order valence-electron chi connectivity index (χ2n) is 8.59. The summed E-state index contributed by atoms with van der Waals surface area (Å²) < 4.78 is 67.4. The second kappa shape index (κ2) is 11.2. The van der Waals surface area contributed by atoms with Crippen LogP contribution in [0.2, 0.25) is 0 Å². The molecule has 3 aromatic heterocycles. The number of nitrogen functional groups attached to an aromatic ring is 1. The number of aryl methyl sites for hydroxylation is 1. The van der Waals surface area contributed by atoms with Crippen molar-refractivity contribution in [2.24, 2.45) is 7.05 Å². The Morgan fingerprint density at radius 2 is 1.88 bits per heavy atom. The Bertz CT molecular complexity index is 1720. The third kappa shape index (κ3) is 6.69. The summed E-state index contributed by atoms with van der Waals surface area (Å²) in [7, 11) is -15.3. The molecule has 2 aliphatic rings. The van der Waals surface area contributed by atoms with Crippen LogP contribution in [0.5, 0.6) is 0 Å². The molecule has 0 bridgehead atoms. The van der Waals surface area contributed by atoms with Crippen LogP contribution in [0, 0.1) is 4.64 Å². The molecule has 5 heterocycles. The van der Waals surface area contributed by atoms with Gasteiger partial charge in [0.1, 0.15) is 34.3 Å². The molecule has 0 radical (unpaired) electrons. The molecule has 42 heavy (non-hydrogen) atoms. The van der Waals surface area contributed by atoms with Crippen LogP contribution >= 0.6 is 35.7 Å². The van der Waals surface area contributed by atoms with Gasteiger partial charge in [0.15, 0.2) is 11.9 Å². The third-order valence-electron chi connectivity index (χ3n) is 5.68. The van der Waals surface area contributed by atoms with Gasteiger partial charge in [0, 0.05) is 13.1 Å². The van der Waals surface area contributed by atoms with E-state index in [-0.39, 0.29) is 21.8 Å². The number of anilines is 2. The van der Waals surface area contributed by atoms with E-state index in [1.54, 1.807) is 7.05 Å². The maximum Gasteiger partial charge on any atom is 0.490 e. The quantitative estimate of drug-likeness (QED) is 0.108. The molecular formula is C16H21N8O14P3S. The molecule has 230 valence electrons. The largest absolute Gasteiger partial charge is 0.490 e. The highest BCUT2D eigenvalue weighted by molar-refractivity contribution is 7.71. The smallest absolute Gasteiger partial charge is 0.369 e. The van der Waals surface area contributed by atoms with Crippen molar-refractivity contribution in [2.45, 2.75) is 30.8 Å². The van der Waals surface area contributed by atoms with Crippen molar-refractivity contribution in [3.05, 3.63) is 23.2 Å². The lowest BCUT2D eigenvalue weighted by molar-refractivity contribution is -0.166. The van der Waals surface area contributed by atoms with Crippen LogP contribution in [0.1, 0.15) is 6.23 Å². The third-order valence-corrected chi connectivity index (χ3v) is 9.77. The molecule has 0 aromatic carbocycles. The summed E-state index contributed by atoms with van der Waals surface area (Å²) in [5, 5.41) is 6.50. The van der Waals surface area contributed by atoms with Crippen molar-refractivity contribution >= 4 is 64.5 Å². The van der Waals surface area contributed by atoms with E-state index in [0.29, 0.717) is 5.82 Å². The molecule has 2 saturated heterocycles. The van der Waals surface area contributed by atoms with Crippen molar-refractivity contribution < 1.29 is 65.4 Å². The lowest BCUT2D eigenvalue weighted by atomic mass is 10.1. The highest BCUT2D eigenvalue weighted by atomic mass is 32.1. The van der Waals surface area contributed by atoms with Gasteiger partial charge in [0.05, 0.1) is 19.1 Å². The Balaban J connectivity index is 1.38. The molecule has 6 unspecified atom stereocenters. The average Bonchev–Trinajstić information content (AvgIpc) is 3.60. The normalized spacial score (nSPS) is 27.0. The van der Waals surface area contributed by atoms with E-state index in [9.17, 15) is 28.3 Å². The summed E-state index contributed by atoms with van der Waals surface area (Å²) in [6, 6.07) is 1.52. The summed E-state index contributed by atoms with van der Waals surface area (Å²) in [5.41, 5.74) is 6.17. The number of phosphoric ester groups is 1. The number of carbonyl (C=O) groups excluding carboxylic acids is 1. The number of H-pyrrole nitrogens is 1. The predicted octanol–water partition coefficient (Wildman–Crippen LogP) is -0.206. The monoisotopic (exact) mass is 674 g/mol. The van der Waals surface area contributed by atoms with E-state index in [1.807, 2.05) is 0 Å². The Hall–Kier alpha value is -2.46. The van der Waals surface area contributed by atoms with Gasteiger partial charge in [0.2, 0.25) is 12.2 Å². The summed E-state index contributed by atoms with van der Waals surface area (Å²) in [4.78, 5) is 60.6. The van der Waals surface area contributed by atoms with Gasteiger partial charge in [0.25, 0.3) is 5.91 Å². The van der Waals surface area contributed by atoms with Crippen LogP contribution < -0.4 is 11.1 Å². The maximum absolute atomic E-state index is 12.9. The summed E-state index contributed by atoms with van der Waals surface area (Å²) >= 11 is 5.22. The Labute approximate surface area is 238 Å². The number of rotatable bonds is 10. The van der Waals surface area contributed by atoms with E-state index in [0.717, 1.165) is 0 Å². The minimum atomic E-state index is -5.77. The van der Waals surface area contributed by atoms with Gasteiger partial charge in [-0.25, -0.2) is 18.7 Å². The highest BCUT2D eigenvalue weighted by Gasteiger charge is 2.56. The van der Waals surface area contributed by atoms with E-state index in [2.05, 4.69) is 34.0 Å². The van der Waals surface area contributed by atoms with Gasteiger partial charge in [-0.3, -0.25) is 18.6 Å². The van der Waals surface area contributed by atoms with E-state index >= 15 is 0 Å². The van der Waals surface area contributed by atoms with Gasteiger partial charge in [-0.05, 0) is 0 Å². The number of nitrogens with one attached hydrogen (secondary N) is 2. The number of hydrogen-bond acceptors (Lipinski definition) is 15. The molecule has 0 saturated carbocycles. The molecule has 22 nitrogen and oxygen atoms in total. The SMILES string of the molecule is Cn1nccc1NC(=O)[C@@H]1OC2C(COP(=O)(O)OP(=O)(O)OP(=O)(O)O)OC(n3cnc4c(=S)[nH]c(N)nc43)C2O1. The molecule has 7 atom stereocenters. The average molecular weight is 674 g/mol. The van der Waals surface area contributed by atoms with Crippen LogP contribution in [0.25, 0.3) is 11.2 Å². The fraction of sp³-hybridized carbons (Fsp3) is 0.438. The first-order chi connectivity index (χ1) is 19.5. The molecule has 0 aliphatic carbocycles. The van der Waals surface area contributed by atoms with E-state index in [4.69, 9.17) is 46.5 Å². The topological polar surface area (TPSA) is 307 Å². The summed E-state index contributed by atoms with van der Waals surface area (Å²) in [6.07, 6.45) is -3.53. The van der Waals surface area contributed by atoms with Crippen molar-refractivity contribution in [3.8, 4) is 0 Å². The number of aromatic amines is 1. The second-order valence-corrected chi connectivity index (χ2v) is 13.4. The van der Waals surface area contributed by atoms with Crippen LogP contribution in [0.15, 0.2) is 18.6 Å². The molecule has 26 heteroatoms. The van der Waals surface area contributed by atoms with Crippen molar-refractivity contribution in [1.82, 2.24) is 29.3 Å². The number of ether oxygens (including phenoxy) is 3. The van der Waals surface area contributed by atoms with E-state index < -0.39 is 66.8 Å². The highest BCUT2D eigenvalue weighted by Crippen LogP contribution is 2.66. The zero-order valence-electron chi connectivity index (χ0n) is 20.8. The molecule has 1 amide bonds. The van der Waals surface area contributed by atoms with Crippen molar-refractivity contribution in [3.63, 3.8) is 0 Å². The minimum Gasteiger partial charge on any atom is -0.369 e. The number of carbonyl (C=O) groups is 1. The number of hydrogen-bond donors (Lipinski definition) is 7. The van der Waals surface area contributed by atoms with Crippen molar-refractivity contribution in [1.29, 1.82) is 0 Å². The van der Waals surface area contributed by atoms with Crippen LogP contribution in [-0.4, -0.2) is 86.0 Å². The molecule has 0 spiro atoms. The predicted molar refractivity (Wildman–Crippen MR) is 136 cm³/mol. The first-order valence-electron chi connectivity index (χ1n) is 11.3. The van der Waals surface area contributed by atoms with Gasteiger partial charge in [-0.2, -0.15) is 18.7 Å². The lowest BCUT2D eigenvalue weighted by Gasteiger charge is -2.22. The lowest BCUT2D eigenvalue weighted by Crippen LogP contribution is -2.34. The number of nitrogens with zero attached hydrogens (tertiary/aromatic N) is 5. The van der Waals surface area contributed by atoms with Gasteiger partial charge >= 0.3 is 23.5 Å². The number of nitrogens with two attached hydrogens (primary N) is 1. The first-order valence-corrected chi connectivity index (χ1v) is 16.2. The fourth-order valence-electron chi connectivity index (χ4n) is 4.10. The fourth-order valence-corrected chi connectivity index (χ4v) is 7.38. The Morgan fingerprint density at radius 1 is 1.17 bits per heavy atom. The van der Waals surface area contributed by atoms with Crippen LogP contribution in [0.3, 0.4) is 0 Å². The summed E-state index contributed by atoms with van der Waals surface area (Å²) in [6.45, 7) is -0.886. The molecule has 8 N–H and O–H groups in total. The molecule has 2 fully saturated rings. The number of aromatic nitrogens is 6. The zero-order chi connectivity index (χ0) is 30.6. The number of imidazole rings is 1. The van der Waals surface area contributed by atoms with Crippen molar-refractivity contribution in [2.75, 3.05) is 17.7 Å². The Kier molecular flexibility index (Phi) is 8.28. The number of phosphoric acid groups is 3. The number of amides is 1. The molecule has 2 aliphatic heterocycles. The van der Waals surface area contributed by atoms with E-state index in [1.165, 1.54) is 27.8 Å². The van der Waals surface area contributed by atoms with Crippen LogP contribution in [-0.2, 0) is 52.9 Å². The standard InChI is InChI=1S/C16H21N8O14P3S/c1-23-7(2-3-19-23)20-12(25)15-35-9-6(4-33-40(29,30)38-41(31,32)37-39(26,27)28)34-14(10(9)36-15)24-5-18-8-11(24)21-16(17)22-13(8)42/h2-3,5-6,9-10,14-15H,4H2,1H3,(H,20,25)(H,29,30)(H,31,32)(H2,26,27,28)(H3,17,21,22,42)/t6?,9?,10?,14?,15-/m1/s1. The van der Waals surface area contributed by atoms with Gasteiger partial charge in [-0.15, -0.1) is 0 Å². The zero-order valence-corrected chi connectivity index (χ0v) is 24.3. The first kappa shape index (κ1) is 31.0. The molecule has 3 aromatic rings. The number of fused-ring (bicyclic) bond motifs is 2. The maximum atomic E-state index is 12.9. The molecular weight excluding hydrogens is 653 g/mol. The van der Waals surface area contributed by atoms with Gasteiger partial charge in [-0.1, -0.05) is 12.2 Å². The minimum absolute atomic E-state index is 0.0509.